The Kier molecular flexibility index (Phi) is 9.31. The quantitative estimate of drug-likeness (QED) is 0.0920. The summed E-state index contributed by atoms with van der Waals surface area (Å²) in [4.78, 5) is 63.7. The van der Waals surface area contributed by atoms with Gasteiger partial charge in [0.25, 0.3) is 0 Å². The fourth-order valence-electron chi connectivity index (χ4n) is 6.75. The van der Waals surface area contributed by atoms with E-state index in [0.717, 1.165) is 56.3 Å². The van der Waals surface area contributed by atoms with Gasteiger partial charge in [0.2, 0.25) is 0 Å². The van der Waals surface area contributed by atoms with Gasteiger partial charge in [0.15, 0.2) is 0 Å². The number of carbonyl (C=O) groups is 2. The summed E-state index contributed by atoms with van der Waals surface area (Å²) >= 11 is 0. The van der Waals surface area contributed by atoms with Crippen molar-refractivity contribution in [1.82, 2.24) is 39.9 Å². The van der Waals surface area contributed by atoms with E-state index in [9.17, 15) is 9.59 Å². The monoisotopic (exact) mass is 771 g/mol. The Morgan fingerprint density at radius 1 is 0.509 bits per heavy atom. The van der Waals surface area contributed by atoms with Crippen molar-refractivity contribution >= 4 is 56.1 Å². The van der Waals surface area contributed by atoms with Crippen molar-refractivity contribution in [2.24, 2.45) is 0 Å². The van der Waals surface area contributed by atoms with E-state index in [0.29, 0.717) is 69.5 Å². The fourth-order valence-corrected chi connectivity index (χ4v) is 6.75. The average Bonchev–Trinajstić information content (AvgIpc) is 3.93. The SMILES string of the molecule is C=CC(=O)OCCc1cc2c3nc4nc(nc5[n-]c(nc6nc(nc([n-]3)c2cc1CCOC(=O)C=C)-c1ccccc1-6)c1ccccc51)-c1ccccc1-4.[Cu]. The summed E-state index contributed by atoms with van der Waals surface area (Å²) in [6.45, 7) is 7.19. The Balaban J connectivity index is 0.00000427. The van der Waals surface area contributed by atoms with Gasteiger partial charge in [-0.2, -0.15) is 0 Å². The van der Waals surface area contributed by atoms with Crippen LogP contribution in [-0.4, -0.2) is 55.1 Å². The molecule has 13 heteroatoms. The fraction of sp³-hybridized carbons (Fsp3) is 0.0952. The van der Waals surface area contributed by atoms with Crippen LogP contribution in [0.4, 0.5) is 0 Å². The van der Waals surface area contributed by atoms with Gasteiger partial charge in [-0.25, -0.2) is 19.6 Å². The van der Waals surface area contributed by atoms with Crippen molar-refractivity contribution in [3.63, 3.8) is 0 Å². The minimum Gasteiger partial charge on any atom is -0.462 e. The van der Waals surface area contributed by atoms with E-state index < -0.39 is 11.9 Å². The molecular weight excluding hydrogens is 744 g/mol. The normalized spacial score (nSPS) is 11.3. The van der Waals surface area contributed by atoms with Crippen molar-refractivity contribution in [2.45, 2.75) is 12.8 Å². The van der Waals surface area contributed by atoms with Crippen LogP contribution in [0.15, 0.2) is 110 Å². The molecule has 12 nitrogen and oxygen atoms in total. The molecule has 8 bridgehead atoms. The first kappa shape index (κ1) is 35.2. The van der Waals surface area contributed by atoms with Crippen molar-refractivity contribution in [3.05, 3.63) is 121 Å². The molecule has 0 saturated heterocycles. The van der Waals surface area contributed by atoms with E-state index >= 15 is 0 Å². The molecule has 2 aliphatic rings. The number of benzene rings is 4. The molecule has 0 atom stereocenters. The molecule has 0 fully saturated rings. The molecule has 5 heterocycles. The Morgan fingerprint density at radius 3 is 1.18 bits per heavy atom. The van der Waals surface area contributed by atoms with Crippen LogP contribution in [0.2, 0.25) is 0 Å². The second kappa shape index (κ2) is 14.5. The number of esters is 2. The predicted octanol–water partition coefficient (Wildman–Crippen LogP) is 6.67. The zero-order valence-electron chi connectivity index (χ0n) is 29.0. The number of hydrogen-bond acceptors (Lipinski definition) is 10. The maximum absolute atomic E-state index is 11.9. The van der Waals surface area contributed by atoms with Gasteiger partial charge in [-0.1, -0.05) is 86.0 Å². The molecule has 55 heavy (non-hydrogen) atoms. The van der Waals surface area contributed by atoms with Crippen LogP contribution in [-0.2, 0) is 49.0 Å². The van der Waals surface area contributed by atoms with Crippen LogP contribution < -0.4 is 9.97 Å². The van der Waals surface area contributed by atoms with E-state index in [1.165, 1.54) is 0 Å². The molecule has 273 valence electrons. The van der Waals surface area contributed by atoms with Gasteiger partial charge < -0.3 is 39.4 Å². The number of fused-ring (bicyclic) bond motifs is 20. The minimum absolute atomic E-state index is 0. The van der Waals surface area contributed by atoms with Crippen molar-refractivity contribution in [2.75, 3.05) is 13.2 Å². The number of rotatable bonds is 8. The van der Waals surface area contributed by atoms with Gasteiger partial charge in [-0.15, -0.1) is 0 Å². The number of ether oxygens (including phenoxy) is 2. The topological polar surface area (TPSA) is 158 Å². The number of carbonyl (C=O) groups excluding carboxylic acids is 2. The second-order valence-corrected chi connectivity index (χ2v) is 12.5. The van der Waals surface area contributed by atoms with E-state index in [1.807, 2.05) is 84.9 Å². The first-order valence-electron chi connectivity index (χ1n) is 17.2. The molecule has 0 amide bonds. The van der Waals surface area contributed by atoms with Crippen LogP contribution in [0.3, 0.4) is 0 Å². The molecule has 1 radical (unpaired) electrons. The Morgan fingerprint density at radius 2 is 0.836 bits per heavy atom. The summed E-state index contributed by atoms with van der Waals surface area (Å²) in [7, 11) is 0. The third-order valence-corrected chi connectivity index (χ3v) is 9.31. The van der Waals surface area contributed by atoms with E-state index in [-0.39, 0.29) is 30.3 Å². The number of nitrogens with zero attached hydrogens (tertiary/aromatic N) is 8. The standard InChI is InChI=1S/C42H28N8O4.Cu/c1-3-33(51)53-19-17-23-21-31-32(22-24(23)18-20-54-34(52)4-2)42-49-40-30-16-10-8-14-28(30)38(47-40)45-36-26-12-6-5-11-25(26)35(43-36)44-37-27-13-7-9-15-29(27)39(46-37)48-41(31)50-42;/h3-16,21-22H,1-2,17-20H2;/q-2;. The molecule has 0 unspecified atom stereocenters. The third-order valence-electron chi connectivity index (χ3n) is 9.31. The summed E-state index contributed by atoms with van der Waals surface area (Å²) in [5.74, 6) is 0.753. The predicted molar refractivity (Wildman–Crippen MR) is 204 cm³/mol. The molecule has 0 aliphatic carbocycles. The average molecular weight is 772 g/mol. The van der Waals surface area contributed by atoms with Crippen LogP contribution >= 0.6 is 0 Å². The van der Waals surface area contributed by atoms with Crippen LogP contribution in [0.1, 0.15) is 11.1 Å². The van der Waals surface area contributed by atoms with Crippen LogP contribution in [0.5, 0.6) is 0 Å². The molecule has 0 saturated carbocycles. The summed E-state index contributed by atoms with van der Waals surface area (Å²) in [5.41, 5.74) is 6.66. The van der Waals surface area contributed by atoms with E-state index in [1.54, 1.807) is 0 Å². The van der Waals surface area contributed by atoms with Gasteiger partial charge in [0, 0.05) is 86.9 Å². The molecule has 0 N–H and O–H groups in total. The second-order valence-electron chi connectivity index (χ2n) is 12.5. The maximum Gasteiger partial charge on any atom is 0.330 e. The summed E-state index contributed by atoms with van der Waals surface area (Å²) in [5, 5.41) is 3.07. The van der Waals surface area contributed by atoms with Gasteiger partial charge in [-0.3, -0.25) is 0 Å². The van der Waals surface area contributed by atoms with Gasteiger partial charge in [0.05, 0.1) is 36.5 Å². The molecular formula is C42H28CuN8O4-2. The Labute approximate surface area is 323 Å². The molecule has 9 rings (SSSR count). The largest absolute Gasteiger partial charge is 0.462 e. The number of aromatic nitrogens is 8. The zero-order chi connectivity index (χ0) is 36.8. The molecule has 7 aromatic rings. The molecule has 4 aromatic carbocycles. The summed E-state index contributed by atoms with van der Waals surface area (Å²) in [6, 6.07) is 27.3. The van der Waals surface area contributed by atoms with Gasteiger partial charge in [0.1, 0.15) is 0 Å². The smallest absolute Gasteiger partial charge is 0.330 e. The van der Waals surface area contributed by atoms with Crippen molar-refractivity contribution < 1.29 is 36.1 Å². The number of hydrogen-bond donors (Lipinski definition) is 0. The Bertz CT molecular complexity index is 2710. The minimum atomic E-state index is -0.523. The maximum atomic E-state index is 11.9. The van der Waals surface area contributed by atoms with Crippen LogP contribution in [0, 0.1) is 0 Å². The molecule has 3 aromatic heterocycles. The molecule has 2 aliphatic heterocycles. The van der Waals surface area contributed by atoms with Crippen molar-refractivity contribution in [3.8, 4) is 45.6 Å². The van der Waals surface area contributed by atoms with Crippen molar-refractivity contribution in [1.29, 1.82) is 0 Å². The first-order chi connectivity index (χ1) is 26.5. The Hall–Kier alpha value is -6.82. The van der Waals surface area contributed by atoms with Gasteiger partial charge in [-0.05, 0) is 44.8 Å². The zero-order valence-corrected chi connectivity index (χ0v) is 29.9. The first-order valence-corrected chi connectivity index (χ1v) is 17.2. The van der Waals surface area contributed by atoms with E-state index in [2.05, 4.69) is 13.2 Å². The van der Waals surface area contributed by atoms with Crippen LogP contribution in [0.25, 0.3) is 89.7 Å². The summed E-state index contributed by atoms with van der Waals surface area (Å²) in [6.07, 6.45) is 3.00. The molecule has 0 spiro atoms. The van der Waals surface area contributed by atoms with E-state index in [4.69, 9.17) is 49.3 Å². The third kappa shape index (κ3) is 6.45. The van der Waals surface area contributed by atoms with Gasteiger partial charge >= 0.3 is 11.9 Å². The summed E-state index contributed by atoms with van der Waals surface area (Å²) < 4.78 is 10.7.